The van der Waals surface area contributed by atoms with Gasteiger partial charge in [-0.1, -0.05) is 6.08 Å². The molecule has 0 bridgehead atoms. The summed E-state index contributed by atoms with van der Waals surface area (Å²) >= 11 is 2.81. The molecule has 1 heterocycles. The predicted octanol–water partition coefficient (Wildman–Crippen LogP) is 3.25. The molecule has 1 N–H and O–H groups in total. The molecule has 0 radical (unpaired) electrons. The summed E-state index contributed by atoms with van der Waals surface area (Å²) in [6, 6.07) is 5.49. The fourth-order valence-corrected chi connectivity index (χ4v) is 2.67. The Morgan fingerprint density at radius 2 is 2.47 bits per heavy atom. The number of thioether (sulfide) groups is 1. The van der Waals surface area contributed by atoms with Gasteiger partial charge in [0.1, 0.15) is 0 Å². The lowest BCUT2D eigenvalue weighted by Crippen LogP contribution is -2.24. The third-order valence-corrected chi connectivity index (χ3v) is 4.08. The van der Waals surface area contributed by atoms with Crippen LogP contribution in [0.3, 0.4) is 0 Å². The lowest BCUT2D eigenvalue weighted by molar-refractivity contribution is 0.0958. The van der Waals surface area contributed by atoms with Gasteiger partial charge >= 0.3 is 0 Å². The number of benzene rings is 1. The lowest BCUT2D eigenvalue weighted by Gasteiger charge is -2.06. The van der Waals surface area contributed by atoms with E-state index in [2.05, 4.69) is 15.6 Å². The molecule has 19 heavy (non-hydrogen) atoms. The molecule has 0 aliphatic heterocycles. The molecule has 0 saturated carbocycles. The molecule has 0 saturated heterocycles. The van der Waals surface area contributed by atoms with Crippen molar-refractivity contribution >= 4 is 39.2 Å². The van der Waals surface area contributed by atoms with Crippen LogP contribution in [0.1, 0.15) is 17.3 Å². The zero-order valence-corrected chi connectivity index (χ0v) is 12.0. The maximum Gasteiger partial charge on any atom is 0.251 e. The van der Waals surface area contributed by atoms with E-state index < -0.39 is 0 Å². The molecular weight excluding hydrogens is 276 g/mol. The molecular formula is C14H12N2OS2. The molecule has 96 valence electrons. The maximum absolute atomic E-state index is 12.0. The molecule has 0 aliphatic rings. The number of aromatic nitrogens is 1. The number of carbonyl (C=O) groups is 1. The highest BCUT2D eigenvalue weighted by Gasteiger charge is 2.07. The first-order valence-corrected chi connectivity index (χ1v) is 7.33. The Labute approximate surface area is 120 Å². The summed E-state index contributed by atoms with van der Waals surface area (Å²) in [4.78, 5) is 17.2. The number of amides is 1. The minimum Gasteiger partial charge on any atom is -0.347 e. The fraction of sp³-hybridized carbons (Fsp3) is 0.143. The van der Waals surface area contributed by atoms with Gasteiger partial charge in [0.2, 0.25) is 0 Å². The summed E-state index contributed by atoms with van der Waals surface area (Å²) in [6.45, 7) is 2.35. The summed E-state index contributed by atoms with van der Waals surface area (Å²) in [5, 5.41) is 5.35. The Morgan fingerprint density at radius 3 is 3.21 bits per heavy atom. The number of carbonyl (C=O) groups excluding carboxylic acids is 1. The van der Waals surface area contributed by atoms with Crippen LogP contribution in [0.15, 0.2) is 34.7 Å². The molecule has 0 fully saturated rings. The van der Waals surface area contributed by atoms with Crippen molar-refractivity contribution in [2.45, 2.75) is 6.92 Å². The molecule has 0 unspecified atom stereocenters. The number of hydrogen-bond acceptors (Lipinski definition) is 4. The van der Waals surface area contributed by atoms with Gasteiger partial charge in [0.15, 0.2) is 0 Å². The van der Waals surface area contributed by atoms with Crippen LogP contribution in [0, 0.1) is 11.7 Å². The summed E-state index contributed by atoms with van der Waals surface area (Å²) in [5.41, 5.74) is 3.32. The number of terminal acetylenes is 1. The predicted molar refractivity (Wildman–Crippen MR) is 82.1 cm³/mol. The Bertz CT molecular complexity index is 667. The molecule has 5 heteroatoms. The standard InChI is InChI=1S/C14H12N2OS2/c1-3-11(18-4-2)8-15-14(17)10-5-6-12-13(7-10)19-9-16-12/h2-3,5-7,9H,8H2,1H3,(H,15,17)/b11-3-. The van der Waals surface area contributed by atoms with E-state index in [-0.39, 0.29) is 5.91 Å². The summed E-state index contributed by atoms with van der Waals surface area (Å²) in [7, 11) is 0. The zero-order valence-electron chi connectivity index (χ0n) is 10.3. The van der Waals surface area contributed by atoms with Crippen LogP contribution in [0.5, 0.6) is 0 Å². The lowest BCUT2D eigenvalue weighted by atomic mass is 10.2. The van der Waals surface area contributed by atoms with Gasteiger partial charge in [0.05, 0.1) is 15.7 Å². The quantitative estimate of drug-likeness (QED) is 0.878. The van der Waals surface area contributed by atoms with E-state index in [0.717, 1.165) is 15.1 Å². The van der Waals surface area contributed by atoms with Crippen molar-refractivity contribution in [1.82, 2.24) is 10.3 Å². The number of fused-ring (bicyclic) bond motifs is 1. The summed E-state index contributed by atoms with van der Waals surface area (Å²) in [5.74, 6) is -0.104. The number of hydrogen-bond donors (Lipinski definition) is 1. The first-order valence-electron chi connectivity index (χ1n) is 5.63. The van der Waals surface area contributed by atoms with Gasteiger partial charge in [-0.05, 0) is 42.1 Å². The van der Waals surface area contributed by atoms with Gasteiger partial charge in [-0.15, -0.1) is 17.8 Å². The Balaban J connectivity index is 2.05. The van der Waals surface area contributed by atoms with E-state index >= 15 is 0 Å². The van der Waals surface area contributed by atoms with Gasteiger partial charge in [-0.3, -0.25) is 4.79 Å². The van der Waals surface area contributed by atoms with Crippen LogP contribution in [-0.4, -0.2) is 17.4 Å². The largest absolute Gasteiger partial charge is 0.347 e. The average Bonchev–Trinajstić information content (AvgIpc) is 2.90. The SMILES string of the molecule is C#CS/C(=C\C)CNC(=O)c1ccc2ncsc2c1. The molecule has 2 aromatic rings. The highest BCUT2D eigenvalue weighted by molar-refractivity contribution is 8.07. The van der Waals surface area contributed by atoms with Crippen LogP contribution in [0.4, 0.5) is 0 Å². The number of rotatable bonds is 4. The fourth-order valence-electron chi connectivity index (χ4n) is 1.54. The Hall–Kier alpha value is -1.77. The van der Waals surface area contributed by atoms with Crippen LogP contribution in [0.2, 0.25) is 0 Å². The topological polar surface area (TPSA) is 42.0 Å². The van der Waals surface area contributed by atoms with Gasteiger partial charge in [-0.25, -0.2) is 4.98 Å². The number of thiazole rings is 1. The first kappa shape index (κ1) is 13.7. The molecule has 1 aromatic carbocycles. The van der Waals surface area contributed by atoms with E-state index in [1.807, 2.05) is 25.1 Å². The highest BCUT2D eigenvalue weighted by atomic mass is 32.2. The Morgan fingerprint density at radius 1 is 1.63 bits per heavy atom. The van der Waals surface area contributed by atoms with Crippen molar-refractivity contribution in [3.63, 3.8) is 0 Å². The highest BCUT2D eigenvalue weighted by Crippen LogP contribution is 2.19. The van der Waals surface area contributed by atoms with Gasteiger partial charge in [0, 0.05) is 17.0 Å². The molecule has 2 rings (SSSR count). The summed E-state index contributed by atoms with van der Waals surface area (Å²) < 4.78 is 1.01. The second kappa shape index (κ2) is 6.41. The average molecular weight is 288 g/mol. The van der Waals surface area contributed by atoms with Crippen LogP contribution >= 0.6 is 23.1 Å². The molecule has 1 aromatic heterocycles. The number of allylic oxidation sites excluding steroid dienone is 1. The van der Waals surface area contributed by atoms with Gasteiger partial charge in [0.25, 0.3) is 5.91 Å². The third-order valence-electron chi connectivity index (χ3n) is 2.53. The van der Waals surface area contributed by atoms with E-state index in [1.54, 1.807) is 11.6 Å². The zero-order chi connectivity index (χ0) is 13.7. The molecule has 0 aliphatic carbocycles. The normalized spacial score (nSPS) is 11.3. The minimum absolute atomic E-state index is 0.104. The first-order chi connectivity index (χ1) is 9.24. The number of nitrogens with one attached hydrogen (secondary N) is 1. The van der Waals surface area contributed by atoms with E-state index in [0.29, 0.717) is 12.1 Å². The van der Waals surface area contributed by atoms with Crippen LogP contribution in [-0.2, 0) is 0 Å². The van der Waals surface area contributed by atoms with E-state index in [1.165, 1.54) is 23.1 Å². The minimum atomic E-state index is -0.104. The van der Waals surface area contributed by atoms with Gasteiger partial charge < -0.3 is 5.32 Å². The summed E-state index contributed by atoms with van der Waals surface area (Å²) in [6.07, 6.45) is 7.13. The molecule has 1 amide bonds. The third kappa shape index (κ3) is 3.37. The van der Waals surface area contributed by atoms with Gasteiger partial charge in [-0.2, -0.15) is 0 Å². The van der Waals surface area contributed by atoms with Crippen LogP contribution < -0.4 is 5.32 Å². The second-order valence-electron chi connectivity index (χ2n) is 3.69. The molecule has 3 nitrogen and oxygen atoms in total. The smallest absolute Gasteiger partial charge is 0.251 e. The monoisotopic (exact) mass is 288 g/mol. The van der Waals surface area contributed by atoms with Crippen LogP contribution in [0.25, 0.3) is 10.2 Å². The van der Waals surface area contributed by atoms with Crippen molar-refractivity contribution in [1.29, 1.82) is 0 Å². The van der Waals surface area contributed by atoms with Crippen molar-refractivity contribution in [2.75, 3.05) is 6.54 Å². The maximum atomic E-state index is 12.0. The second-order valence-corrected chi connectivity index (χ2v) is 5.54. The van der Waals surface area contributed by atoms with Crippen molar-refractivity contribution < 1.29 is 4.79 Å². The van der Waals surface area contributed by atoms with E-state index in [9.17, 15) is 4.79 Å². The number of nitrogens with zero attached hydrogens (tertiary/aromatic N) is 1. The Kier molecular flexibility index (Phi) is 4.61. The van der Waals surface area contributed by atoms with E-state index in [4.69, 9.17) is 6.42 Å². The molecule has 0 spiro atoms. The van der Waals surface area contributed by atoms with Crippen molar-refractivity contribution in [3.05, 3.63) is 40.3 Å². The molecule has 0 atom stereocenters. The van der Waals surface area contributed by atoms with Crippen molar-refractivity contribution in [3.8, 4) is 11.7 Å². The van der Waals surface area contributed by atoms with Crippen molar-refractivity contribution in [2.24, 2.45) is 0 Å².